The third-order valence-electron chi connectivity index (χ3n) is 3.81. The molecule has 0 aliphatic heterocycles. The lowest BCUT2D eigenvalue weighted by molar-refractivity contribution is 0.288. The zero-order chi connectivity index (χ0) is 10.6. The normalized spacial score (nSPS) is 42.0. The number of nitrogens with two attached hydrogens (primary N) is 1. The van der Waals surface area contributed by atoms with Gasteiger partial charge >= 0.3 is 0 Å². The second-order valence-electron chi connectivity index (χ2n) is 5.87. The van der Waals surface area contributed by atoms with Crippen LogP contribution in [0.5, 0.6) is 0 Å². The van der Waals surface area contributed by atoms with Crippen molar-refractivity contribution < 1.29 is 0 Å². The number of hydrogen-bond acceptors (Lipinski definition) is 1. The molecule has 1 rings (SSSR count). The third kappa shape index (κ3) is 4.45. The molecule has 0 aromatic carbocycles. The summed E-state index contributed by atoms with van der Waals surface area (Å²) in [6.07, 6.45) is 9.29. The number of hydrogen-bond donors (Lipinski definition) is 1. The van der Waals surface area contributed by atoms with Crippen molar-refractivity contribution in [2.75, 3.05) is 0 Å². The zero-order valence-electron chi connectivity index (χ0n) is 10.2. The minimum Gasteiger partial charge on any atom is -0.325 e. The molecule has 0 radical (unpaired) electrons. The monoisotopic (exact) mass is 197 g/mol. The van der Waals surface area contributed by atoms with Crippen molar-refractivity contribution >= 4 is 0 Å². The fourth-order valence-corrected chi connectivity index (χ4v) is 2.38. The van der Waals surface area contributed by atoms with Crippen LogP contribution in [0.4, 0.5) is 0 Å². The fraction of sp³-hybridized carbons (Fsp3) is 1.00. The van der Waals surface area contributed by atoms with Gasteiger partial charge in [0.2, 0.25) is 0 Å². The third-order valence-corrected chi connectivity index (χ3v) is 3.81. The van der Waals surface area contributed by atoms with Crippen molar-refractivity contribution in [2.24, 2.45) is 17.6 Å². The average Bonchev–Trinajstić information content (AvgIpc) is 2.11. The van der Waals surface area contributed by atoms with Gasteiger partial charge in [-0.1, -0.05) is 33.1 Å². The van der Waals surface area contributed by atoms with Gasteiger partial charge in [0, 0.05) is 5.54 Å². The van der Waals surface area contributed by atoms with E-state index in [2.05, 4.69) is 20.8 Å². The molecule has 84 valence electrons. The molecule has 0 bridgehead atoms. The van der Waals surface area contributed by atoms with E-state index >= 15 is 0 Å². The Kier molecular flexibility index (Phi) is 4.43. The molecule has 0 aromatic rings. The Morgan fingerprint density at radius 3 is 1.79 bits per heavy atom. The van der Waals surface area contributed by atoms with Crippen LogP contribution < -0.4 is 5.73 Å². The molecule has 1 aliphatic carbocycles. The predicted molar refractivity (Wildman–Crippen MR) is 63.2 cm³/mol. The number of rotatable bonds is 0. The van der Waals surface area contributed by atoms with E-state index in [1.54, 1.807) is 0 Å². The van der Waals surface area contributed by atoms with Gasteiger partial charge in [0.15, 0.2) is 0 Å². The van der Waals surface area contributed by atoms with E-state index in [0.717, 1.165) is 11.8 Å². The fourth-order valence-electron chi connectivity index (χ4n) is 2.38. The molecule has 0 aromatic heterocycles. The van der Waals surface area contributed by atoms with Crippen molar-refractivity contribution in [1.82, 2.24) is 0 Å². The second kappa shape index (κ2) is 5.16. The lowest BCUT2D eigenvalue weighted by Crippen LogP contribution is -2.37. The van der Waals surface area contributed by atoms with Crippen LogP contribution in [-0.2, 0) is 0 Å². The van der Waals surface area contributed by atoms with Crippen LogP contribution in [0.1, 0.15) is 65.7 Å². The summed E-state index contributed by atoms with van der Waals surface area (Å²) in [5, 5.41) is 0. The summed E-state index contributed by atoms with van der Waals surface area (Å²) in [6, 6.07) is 0. The van der Waals surface area contributed by atoms with Gasteiger partial charge in [0.05, 0.1) is 0 Å². The molecule has 0 heterocycles. The standard InChI is InChI=1S/C13H27N/c1-11-5-4-6-12(2)8-10-13(3,14)9-7-11/h11-12H,4-10,14H2,1-3H3. The van der Waals surface area contributed by atoms with Gasteiger partial charge in [-0.3, -0.25) is 0 Å². The van der Waals surface area contributed by atoms with Gasteiger partial charge in [0.1, 0.15) is 0 Å². The van der Waals surface area contributed by atoms with E-state index in [0.29, 0.717) is 0 Å². The Bertz CT molecular complexity index is 147. The van der Waals surface area contributed by atoms with Crippen LogP contribution in [-0.4, -0.2) is 5.54 Å². The van der Waals surface area contributed by atoms with Crippen LogP contribution in [0, 0.1) is 11.8 Å². The highest BCUT2D eigenvalue weighted by Gasteiger charge is 2.21. The van der Waals surface area contributed by atoms with Crippen molar-refractivity contribution in [3.63, 3.8) is 0 Å². The molecule has 1 aliphatic rings. The van der Waals surface area contributed by atoms with E-state index < -0.39 is 0 Å². The lowest BCUT2D eigenvalue weighted by atomic mass is 9.82. The van der Waals surface area contributed by atoms with E-state index in [1.807, 2.05) is 0 Å². The maximum atomic E-state index is 6.29. The summed E-state index contributed by atoms with van der Waals surface area (Å²) in [5.74, 6) is 1.76. The van der Waals surface area contributed by atoms with E-state index in [1.165, 1.54) is 44.9 Å². The molecule has 1 nitrogen and oxygen atoms in total. The van der Waals surface area contributed by atoms with Crippen molar-refractivity contribution in [3.8, 4) is 0 Å². The molecule has 2 unspecified atom stereocenters. The van der Waals surface area contributed by atoms with Crippen LogP contribution >= 0.6 is 0 Å². The first-order chi connectivity index (χ1) is 6.49. The van der Waals surface area contributed by atoms with Crippen LogP contribution in [0.15, 0.2) is 0 Å². The first-order valence-corrected chi connectivity index (χ1v) is 6.28. The Balaban J connectivity index is 2.46. The van der Waals surface area contributed by atoms with Crippen LogP contribution in [0.3, 0.4) is 0 Å². The first kappa shape index (κ1) is 12.0. The van der Waals surface area contributed by atoms with Crippen LogP contribution in [0.2, 0.25) is 0 Å². The SMILES string of the molecule is CC1CCCC(C)CCC(C)(N)CC1. The molecule has 0 saturated heterocycles. The zero-order valence-corrected chi connectivity index (χ0v) is 10.2. The minimum atomic E-state index is 0.0971. The summed E-state index contributed by atoms with van der Waals surface area (Å²) >= 11 is 0. The Hall–Kier alpha value is -0.0400. The van der Waals surface area contributed by atoms with Gasteiger partial charge in [-0.2, -0.15) is 0 Å². The van der Waals surface area contributed by atoms with E-state index in [-0.39, 0.29) is 5.54 Å². The molecule has 1 saturated carbocycles. The maximum absolute atomic E-state index is 6.29. The smallest absolute Gasteiger partial charge is 0.0126 e. The van der Waals surface area contributed by atoms with E-state index in [4.69, 9.17) is 5.73 Å². The maximum Gasteiger partial charge on any atom is 0.0126 e. The largest absolute Gasteiger partial charge is 0.325 e. The van der Waals surface area contributed by atoms with Crippen molar-refractivity contribution in [1.29, 1.82) is 0 Å². The van der Waals surface area contributed by atoms with Crippen molar-refractivity contribution in [3.05, 3.63) is 0 Å². The molecule has 1 fully saturated rings. The van der Waals surface area contributed by atoms with Gasteiger partial charge < -0.3 is 5.73 Å². The van der Waals surface area contributed by atoms with Gasteiger partial charge in [-0.15, -0.1) is 0 Å². The summed E-state index contributed by atoms with van der Waals surface area (Å²) in [5.41, 5.74) is 6.39. The Morgan fingerprint density at radius 1 is 0.929 bits per heavy atom. The lowest BCUT2D eigenvalue weighted by Gasteiger charge is -2.29. The first-order valence-electron chi connectivity index (χ1n) is 6.28. The van der Waals surface area contributed by atoms with Gasteiger partial charge in [-0.25, -0.2) is 0 Å². The molecular weight excluding hydrogens is 170 g/mol. The Labute approximate surface area is 89.5 Å². The summed E-state index contributed by atoms with van der Waals surface area (Å²) < 4.78 is 0. The Morgan fingerprint density at radius 2 is 1.36 bits per heavy atom. The van der Waals surface area contributed by atoms with E-state index in [9.17, 15) is 0 Å². The molecule has 0 amide bonds. The summed E-state index contributed by atoms with van der Waals surface area (Å²) in [7, 11) is 0. The molecule has 1 heteroatoms. The molecule has 14 heavy (non-hydrogen) atoms. The average molecular weight is 197 g/mol. The molecule has 2 atom stereocenters. The van der Waals surface area contributed by atoms with Gasteiger partial charge in [-0.05, 0) is 44.4 Å². The molecule has 2 N–H and O–H groups in total. The predicted octanol–water partition coefficient (Wildman–Crippen LogP) is 3.72. The highest BCUT2D eigenvalue weighted by atomic mass is 14.7. The summed E-state index contributed by atoms with van der Waals surface area (Å²) in [6.45, 7) is 6.98. The quantitative estimate of drug-likeness (QED) is 0.629. The second-order valence-corrected chi connectivity index (χ2v) is 5.87. The molecule has 0 spiro atoms. The highest BCUT2D eigenvalue weighted by Crippen LogP contribution is 2.27. The highest BCUT2D eigenvalue weighted by molar-refractivity contribution is 4.80. The van der Waals surface area contributed by atoms with Crippen molar-refractivity contribution in [2.45, 2.75) is 71.3 Å². The minimum absolute atomic E-state index is 0.0971. The summed E-state index contributed by atoms with van der Waals surface area (Å²) in [4.78, 5) is 0. The van der Waals surface area contributed by atoms with Crippen LogP contribution in [0.25, 0.3) is 0 Å². The molecular formula is C13H27N. The van der Waals surface area contributed by atoms with Gasteiger partial charge in [0.25, 0.3) is 0 Å². The topological polar surface area (TPSA) is 26.0 Å².